The lowest BCUT2D eigenvalue weighted by Crippen LogP contribution is -2.26. The number of carboxylic acid groups (broad SMARTS) is 1. The summed E-state index contributed by atoms with van der Waals surface area (Å²) in [6.07, 6.45) is -0.0254. The molecule has 0 aromatic heterocycles. The third kappa shape index (κ3) is 2.72. The largest absolute Gasteiger partial charge is 0.493 e. The van der Waals surface area contributed by atoms with Gasteiger partial charge in [0.1, 0.15) is 0 Å². The highest BCUT2D eigenvalue weighted by Gasteiger charge is 2.30. The van der Waals surface area contributed by atoms with Crippen LogP contribution in [-0.4, -0.2) is 18.2 Å². The molecule has 18 heavy (non-hydrogen) atoms. The zero-order valence-electron chi connectivity index (χ0n) is 10.2. The molecule has 0 saturated heterocycles. The van der Waals surface area contributed by atoms with Crippen LogP contribution in [0, 0.1) is 17.0 Å². The van der Waals surface area contributed by atoms with Gasteiger partial charge in [-0.15, -0.1) is 0 Å². The Morgan fingerprint density at radius 1 is 1.44 bits per heavy atom. The van der Waals surface area contributed by atoms with Crippen LogP contribution in [0.25, 0.3) is 0 Å². The number of methoxy groups -OCH3 is 1. The van der Waals surface area contributed by atoms with E-state index in [0.29, 0.717) is 0 Å². The Balaban J connectivity index is 3.29. The molecule has 6 heteroatoms. The van der Waals surface area contributed by atoms with Gasteiger partial charge in [0.2, 0.25) is 5.82 Å². The maximum Gasteiger partial charge on any atom is 0.309 e. The van der Waals surface area contributed by atoms with Crippen molar-refractivity contribution >= 4 is 17.6 Å². The van der Waals surface area contributed by atoms with Crippen molar-refractivity contribution in [1.29, 1.82) is 0 Å². The molecule has 1 aromatic carbocycles. The van der Waals surface area contributed by atoms with Gasteiger partial charge < -0.3 is 9.84 Å². The molecule has 100 valence electrons. The second kappa shape index (κ2) is 5.10. The van der Waals surface area contributed by atoms with E-state index in [0.717, 1.165) is 0 Å². The Morgan fingerprint density at radius 3 is 2.44 bits per heavy atom. The van der Waals surface area contributed by atoms with Crippen molar-refractivity contribution in [1.82, 2.24) is 0 Å². The molecule has 3 nitrogen and oxygen atoms in total. The van der Waals surface area contributed by atoms with E-state index >= 15 is 0 Å². The number of aliphatic carboxylic acids is 1. The summed E-state index contributed by atoms with van der Waals surface area (Å²) in [7, 11) is 1.18. The van der Waals surface area contributed by atoms with E-state index in [1.807, 2.05) is 0 Å². The summed E-state index contributed by atoms with van der Waals surface area (Å²) in [6, 6.07) is 1.18. The molecule has 0 amide bonds. The van der Waals surface area contributed by atoms with E-state index in [1.165, 1.54) is 27.0 Å². The summed E-state index contributed by atoms with van der Waals surface area (Å²) in [4.78, 5) is 11.0. The zero-order valence-corrected chi connectivity index (χ0v) is 10.9. The van der Waals surface area contributed by atoms with E-state index in [1.54, 1.807) is 0 Å². The number of hydrogen-bond donors (Lipinski definition) is 1. The van der Waals surface area contributed by atoms with Gasteiger partial charge in [-0.05, 0) is 31.9 Å². The van der Waals surface area contributed by atoms with Crippen LogP contribution >= 0.6 is 11.6 Å². The van der Waals surface area contributed by atoms with Gasteiger partial charge in [0.05, 0.1) is 17.5 Å². The van der Waals surface area contributed by atoms with Crippen LogP contribution in [0.4, 0.5) is 8.78 Å². The lowest BCUT2D eigenvalue weighted by atomic mass is 9.85. The van der Waals surface area contributed by atoms with Gasteiger partial charge in [0.15, 0.2) is 11.6 Å². The maximum atomic E-state index is 13.6. The molecule has 0 aliphatic heterocycles. The van der Waals surface area contributed by atoms with Crippen molar-refractivity contribution in [3.05, 3.63) is 28.3 Å². The Kier molecular flexibility index (Phi) is 4.16. The van der Waals surface area contributed by atoms with Crippen molar-refractivity contribution in [2.75, 3.05) is 7.11 Å². The predicted molar refractivity (Wildman–Crippen MR) is 63.0 cm³/mol. The average molecular weight is 279 g/mol. The first-order valence-electron chi connectivity index (χ1n) is 5.14. The molecular weight excluding hydrogens is 266 g/mol. The SMILES string of the molecule is COc1c(CC(C)(C)C(=O)O)cc(Cl)c(F)c1F. The standard InChI is InChI=1S/C12H13ClF2O3/c1-12(2,11(16)17)5-6-4-7(13)8(14)9(15)10(6)18-3/h4H,5H2,1-3H3,(H,16,17). The van der Waals surface area contributed by atoms with Crippen LogP contribution in [0.2, 0.25) is 5.02 Å². The van der Waals surface area contributed by atoms with Gasteiger partial charge >= 0.3 is 5.97 Å². The Bertz CT molecular complexity index is 487. The number of carboxylic acids is 1. The number of rotatable bonds is 4. The van der Waals surface area contributed by atoms with Gasteiger partial charge in [0, 0.05) is 0 Å². The molecule has 0 saturated carbocycles. The van der Waals surface area contributed by atoms with Crippen LogP contribution in [0.3, 0.4) is 0 Å². The maximum absolute atomic E-state index is 13.6. The second-order valence-corrected chi connectivity index (χ2v) is 4.95. The molecule has 0 atom stereocenters. The molecule has 0 bridgehead atoms. The molecule has 0 radical (unpaired) electrons. The lowest BCUT2D eigenvalue weighted by molar-refractivity contribution is -0.146. The molecule has 1 rings (SSSR count). The summed E-state index contributed by atoms with van der Waals surface area (Å²) in [5.41, 5.74) is -0.922. The first-order valence-corrected chi connectivity index (χ1v) is 5.52. The molecule has 0 fully saturated rings. The van der Waals surface area contributed by atoms with E-state index < -0.39 is 28.0 Å². The predicted octanol–water partition coefficient (Wildman–Crippen LogP) is 3.28. The number of benzene rings is 1. The first kappa shape index (κ1) is 14.7. The quantitative estimate of drug-likeness (QED) is 0.860. The van der Waals surface area contributed by atoms with Crippen molar-refractivity contribution < 1.29 is 23.4 Å². The van der Waals surface area contributed by atoms with Crippen LogP contribution in [0.5, 0.6) is 5.75 Å². The smallest absolute Gasteiger partial charge is 0.309 e. The molecule has 0 aliphatic carbocycles. The first-order chi connectivity index (χ1) is 8.20. The Hall–Kier alpha value is -1.36. The van der Waals surface area contributed by atoms with Crippen molar-refractivity contribution in [2.24, 2.45) is 5.41 Å². The molecule has 1 N–H and O–H groups in total. The van der Waals surface area contributed by atoms with E-state index in [2.05, 4.69) is 0 Å². The van der Waals surface area contributed by atoms with Gasteiger partial charge in [-0.25, -0.2) is 4.39 Å². The minimum Gasteiger partial charge on any atom is -0.493 e. The van der Waals surface area contributed by atoms with E-state index in [-0.39, 0.29) is 17.7 Å². The highest BCUT2D eigenvalue weighted by atomic mass is 35.5. The topological polar surface area (TPSA) is 46.5 Å². The third-order valence-electron chi connectivity index (χ3n) is 2.61. The number of carbonyl (C=O) groups is 1. The van der Waals surface area contributed by atoms with Crippen LogP contribution in [0.1, 0.15) is 19.4 Å². The number of halogens is 3. The molecular formula is C12H13ClF2O3. The molecule has 0 aliphatic rings. The molecule has 0 unspecified atom stereocenters. The normalized spacial score (nSPS) is 11.4. The highest BCUT2D eigenvalue weighted by molar-refractivity contribution is 6.30. The van der Waals surface area contributed by atoms with Crippen molar-refractivity contribution in [3.8, 4) is 5.75 Å². The van der Waals surface area contributed by atoms with Gasteiger partial charge in [-0.3, -0.25) is 4.79 Å². The number of hydrogen-bond acceptors (Lipinski definition) is 2. The van der Waals surface area contributed by atoms with Crippen molar-refractivity contribution in [3.63, 3.8) is 0 Å². The van der Waals surface area contributed by atoms with E-state index in [9.17, 15) is 13.6 Å². The van der Waals surface area contributed by atoms with Crippen LogP contribution in [-0.2, 0) is 11.2 Å². The summed E-state index contributed by atoms with van der Waals surface area (Å²) in [5.74, 6) is -3.77. The zero-order chi connectivity index (χ0) is 14.1. The monoisotopic (exact) mass is 278 g/mol. The third-order valence-corrected chi connectivity index (χ3v) is 2.88. The average Bonchev–Trinajstić information content (AvgIpc) is 2.26. The highest BCUT2D eigenvalue weighted by Crippen LogP contribution is 2.34. The Labute approximate surface area is 108 Å². The summed E-state index contributed by atoms with van der Waals surface area (Å²) in [6.45, 7) is 2.95. The summed E-state index contributed by atoms with van der Waals surface area (Å²) >= 11 is 5.54. The van der Waals surface area contributed by atoms with Crippen LogP contribution < -0.4 is 4.74 Å². The van der Waals surface area contributed by atoms with Gasteiger partial charge in [-0.2, -0.15) is 4.39 Å². The van der Waals surface area contributed by atoms with E-state index in [4.69, 9.17) is 21.4 Å². The van der Waals surface area contributed by atoms with Crippen molar-refractivity contribution in [2.45, 2.75) is 20.3 Å². The van der Waals surface area contributed by atoms with Gasteiger partial charge in [-0.1, -0.05) is 11.6 Å². The van der Waals surface area contributed by atoms with Gasteiger partial charge in [0.25, 0.3) is 0 Å². The molecule has 1 aromatic rings. The van der Waals surface area contributed by atoms with Crippen LogP contribution in [0.15, 0.2) is 6.07 Å². The summed E-state index contributed by atoms with van der Waals surface area (Å²) in [5, 5.41) is 8.62. The summed E-state index contributed by atoms with van der Waals surface area (Å²) < 4.78 is 31.6. The minimum absolute atomic E-state index is 0.0254. The fourth-order valence-corrected chi connectivity index (χ4v) is 1.75. The fraction of sp³-hybridized carbons (Fsp3) is 0.417. The molecule has 0 heterocycles. The fourth-order valence-electron chi connectivity index (χ4n) is 1.53. The molecule has 0 spiro atoms. The minimum atomic E-state index is -1.21. The lowest BCUT2D eigenvalue weighted by Gasteiger charge is -2.21. The Morgan fingerprint density at radius 2 is 2.00 bits per heavy atom. The number of ether oxygens (including phenoxy) is 1. The second-order valence-electron chi connectivity index (χ2n) is 4.54.